The van der Waals surface area contributed by atoms with Gasteiger partial charge in [-0.3, -0.25) is 0 Å². The second-order valence-corrected chi connectivity index (χ2v) is 4.36. The van der Waals surface area contributed by atoms with Gasteiger partial charge in [-0.15, -0.1) is 11.6 Å². The molecule has 0 aromatic carbocycles. The minimum absolute atomic E-state index is 0.301. The highest BCUT2D eigenvalue weighted by Crippen LogP contribution is 2.31. The Kier molecular flexibility index (Phi) is 3.10. The first kappa shape index (κ1) is 10.7. The number of nitrogens with zero attached hydrogens (tertiary/aromatic N) is 2. The second-order valence-electron chi connectivity index (χ2n) is 4.09. The predicted octanol–water partition coefficient (Wildman–Crippen LogP) is 2.81. The smallest absolute Gasteiger partial charge is 0.141 e. The Labute approximate surface area is 94.1 Å². The molecule has 1 heterocycles. The summed E-state index contributed by atoms with van der Waals surface area (Å²) >= 11 is 5.77. The van der Waals surface area contributed by atoms with Gasteiger partial charge in [0.15, 0.2) is 0 Å². The van der Waals surface area contributed by atoms with Crippen LogP contribution in [0.1, 0.15) is 18.4 Å². The lowest BCUT2D eigenvalue weighted by molar-refractivity contribution is 0.618. The van der Waals surface area contributed by atoms with E-state index in [0.717, 1.165) is 23.8 Å². The average molecular weight is 229 g/mol. The van der Waals surface area contributed by atoms with E-state index in [1.807, 2.05) is 7.05 Å². The Morgan fingerprint density at radius 2 is 2.33 bits per heavy atom. The van der Waals surface area contributed by atoms with Crippen molar-refractivity contribution < 1.29 is 4.39 Å². The molecule has 0 bridgehead atoms. The van der Waals surface area contributed by atoms with Gasteiger partial charge < -0.3 is 4.90 Å². The van der Waals surface area contributed by atoms with Crippen molar-refractivity contribution in [2.45, 2.75) is 18.7 Å². The topological polar surface area (TPSA) is 16.1 Å². The lowest BCUT2D eigenvalue weighted by Crippen LogP contribution is -2.22. The van der Waals surface area contributed by atoms with E-state index in [9.17, 15) is 4.39 Å². The molecule has 2 nitrogen and oxygen atoms in total. The number of halogens is 2. The molecule has 0 saturated heterocycles. The van der Waals surface area contributed by atoms with Crippen molar-refractivity contribution in [1.82, 2.24) is 4.98 Å². The van der Waals surface area contributed by atoms with Crippen molar-refractivity contribution >= 4 is 17.4 Å². The van der Waals surface area contributed by atoms with Crippen LogP contribution in [0.15, 0.2) is 12.3 Å². The van der Waals surface area contributed by atoms with Gasteiger partial charge in [-0.1, -0.05) is 0 Å². The third kappa shape index (κ3) is 2.59. The van der Waals surface area contributed by atoms with E-state index in [1.54, 1.807) is 0 Å². The number of rotatable bonds is 4. The highest BCUT2D eigenvalue weighted by molar-refractivity contribution is 6.17. The van der Waals surface area contributed by atoms with Gasteiger partial charge in [-0.2, -0.15) is 0 Å². The number of aromatic nitrogens is 1. The van der Waals surface area contributed by atoms with Crippen molar-refractivity contribution in [3.8, 4) is 0 Å². The van der Waals surface area contributed by atoms with Crippen LogP contribution in [-0.4, -0.2) is 18.6 Å². The molecule has 0 atom stereocenters. The van der Waals surface area contributed by atoms with Crippen molar-refractivity contribution in [1.29, 1.82) is 0 Å². The Hall–Kier alpha value is -0.830. The first-order valence-electron chi connectivity index (χ1n) is 5.12. The molecule has 1 aliphatic carbocycles. The Balaban J connectivity index is 2.17. The summed E-state index contributed by atoms with van der Waals surface area (Å²) in [6.07, 6.45) is 3.83. The van der Waals surface area contributed by atoms with Crippen LogP contribution in [0.4, 0.5) is 10.2 Å². The summed E-state index contributed by atoms with van der Waals surface area (Å²) in [5.74, 6) is 1.56. The number of hydrogen-bond donors (Lipinski definition) is 0. The van der Waals surface area contributed by atoms with Crippen LogP contribution >= 0.6 is 11.6 Å². The molecular weight excluding hydrogens is 215 g/mol. The van der Waals surface area contributed by atoms with Gasteiger partial charge in [0.25, 0.3) is 0 Å². The largest absolute Gasteiger partial charge is 0.359 e. The van der Waals surface area contributed by atoms with Crippen molar-refractivity contribution in [2.24, 2.45) is 5.92 Å². The Bertz CT molecular complexity index is 352. The standard InChI is InChI=1S/C11H14ClFN2/c1-15(7-8-2-3-8)11-9(5-12)4-10(13)6-14-11/h4,6,8H,2-3,5,7H2,1H3. The van der Waals surface area contributed by atoms with Gasteiger partial charge in [-0.25, -0.2) is 9.37 Å². The fourth-order valence-electron chi connectivity index (χ4n) is 1.69. The van der Waals surface area contributed by atoms with Crippen LogP contribution in [0.3, 0.4) is 0 Å². The molecule has 1 fully saturated rings. The molecule has 1 aromatic rings. The zero-order valence-corrected chi connectivity index (χ0v) is 9.47. The summed E-state index contributed by atoms with van der Waals surface area (Å²) in [4.78, 5) is 6.16. The molecule has 15 heavy (non-hydrogen) atoms. The molecule has 1 saturated carbocycles. The van der Waals surface area contributed by atoms with E-state index in [1.165, 1.54) is 25.1 Å². The van der Waals surface area contributed by atoms with Crippen LogP contribution < -0.4 is 4.90 Å². The molecular formula is C11H14ClFN2. The van der Waals surface area contributed by atoms with Crippen LogP contribution in [-0.2, 0) is 5.88 Å². The summed E-state index contributed by atoms with van der Waals surface area (Å²) in [6.45, 7) is 0.989. The maximum atomic E-state index is 12.9. The third-order valence-electron chi connectivity index (χ3n) is 2.64. The Morgan fingerprint density at radius 1 is 1.60 bits per heavy atom. The van der Waals surface area contributed by atoms with Gasteiger partial charge in [0, 0.05) is 19.2 Å². The summed E-state index contributed by atoms with van der Waals surface area (Å²) < 4.78 is 12.9. The predicted molar refractivity (Wildman–Crippen MR) is 59.7 cm³/mol. The zero-order chi connectivity index (χ0) is 10.8. The molecule has 0 unspecified atom stereocenters. The molecule has 0 aliphatic heterocycles. The molecule has 82 valence electrons. The van der Waals surface area contributed by atoms with Crippen LogP contribution in [0.5, 0.6) is 0 Å². The average Bonchev–Trinajstić information content (AvgIpc) is 3.01. The highest BCUT2D eigenvalue weighted by Gasteiger charge is 2.24. The number of alkyl halides is 1. The van der Waals surface area contributed by atoms with Gasteiger partial charge in [0.1, 0.15) is 11.6 Å². The highest BCUT2D eigenvalue weighted by atomic mass is 35.5. The van der Waals surface area contributed by atoms with Crippen LogP contribution in [0, 0.1) is 11.7 Å². The number of anilines is 1. The molecule has 0 spiro atoms. The molecule has 1 aliphatic rings. The SMILES string of the molecule is CN(CC1CC1)c1ncc(F)cc1CCl. The number of pyridine rings is 1. The summed E-state index contributed by atoms with van der Waals surface area (Å²) in [5.41, 5.74) is 0.764. The molecule has 0 amide bonds. The first-order valence-corrected chi connectivity index (χ1v) is 5.65. The second kappa shape index (κ2) is 4.35. The Morgan fingerprint density at radius 3 is 2.93 bits per heavy atom. The van der Waals surface area contributed by atoms with E-state index < -0.39 is 0 Å². The molecule has 0 radical (unpaired) electrons. The summed E-state index contributed by atoms with van der Waals surface area (Å²) in [6, 6.07) is 1.46. The number of hydrogen-bond acceptors (Lipinski definition) is 2. The molecule has 4 heteroatoms. The van der Waals surface area contributed by atoms with Gasteiger partial charge in [0.2, 0.25) is 0 Å². The van der Waals surface area contributed by atoms with Crippen LogP contribution in [0.25, 0.3) is 0 Å². The minimum Gasteiger partial charge on any atom is -0.359 e. The van der Waals surface area contributed by atoms with Gasteiger partial charge in [-0.05, 0) is 24.8 Å². The fraction of sp³-hybridized carbons (Fsp3) is 0.545. The van der Waals surface area contributed by atoms with Crippen molar-refractivity contribution in [3.05, 3.63) is 23.6 Å². The third-order valence-corrected chi connectivity index (χ3v) is 2.93. The molecule has 0 N–H and O–H groups in total. The van der Waals surface area contributed by atoms with Crippen molar-refractivity contribution in [2.75, 3.05) is 18.5 Å². The monoisotopic (exact) mass is 228 g/mol. The van der Waals surface area contributed by atoms with E-state index in [0.29, 0.717) is 5.88 Å². The lowest BCUT2D eigenvalue weighted by Gasteiger charge is -2.20. The minimum atomic E-state index is -0.325. The summed E-state index contributed by atoms with van der Waals surface area (Å²) in [7, 11) is 1.98. The van der Waals surface area contributed by atoms with Crippen LogP contribution in [0.2, 0.25) is 0 Å². The van der Waals surface area contributed by atoms with E-state index in [-0.39, 0.29) is 5.82 Å². The fourth-order valence-corrected chi connectivity index (χ4v) is 1.89. The molecule has 2 rings (SSSR count). The van der Waals surface area contributed by atoms with E-state index in [2.05, 4.69) is 9.88 Å². The lowest BCUT2D eigenvalue weighted by atomic mass is 10.2. The van der Waals surface area contributed by atoms with E-state index >= 15 is 0 Å². The normalized spacial score (nSPS) is 15.4. The maximum absolute atomic E-state index is 12.9. The van der Waals surface area contributed by atoms with Crippen molar-refractivity contribution in [3.63, 3.8) is 0 Å². The first-order chi connectivity index (χ1) is 7.20. The summed E-state index contributed by atoms with van der Waals surface area (Å²) in [5, 5.41) is 0. The zero-order valence-electron chi connectivity index (χ0n) is 8.71. The molecule has 1 aromatic heterocycles. The quantitative estimate of drug-likeness (QED) is 0.737. The van der Waals surface area contributed by atoms with Gasteiger partial charge in [0.05, 0.1) is 12.1 Å². The maximum Gasteiger partial charge on any atom is 0.141 e. The van der Waals surface area contributed by atoms with E-state index in [4.69, 9.17) is 11.6 Å². The van der Waals surface area contributed by atoms with Gasteiger partial charge >= 0.3 is 0 Å².